The van der Waals surface area contributed by atoms with Gasteiger partial charge >= 0.3 is 5.97 Å². The van der Waals surface area contributed by atoms with Crippen molar-refractivity contribution in [1.82, 2.24) is 14.7 Å². The third kappa shape index (κ3) is 3.67. The van der Waals surface area contributed by atoms with E-state index in [0.717, 1.165) is 17.4 Å². The van der Waals surface area contributed by atoms with Gasteiger partial charge < -0.3 is 9.64 Å². The fourth-order valence-corrected chi connectivity index (χ4v) is 3.60. The normalized spacial score (nSPS) is 13.1. The third-order valence-electron chi connectivity index (χ3n) is 5.08. The second-order valence-corrected chi connectivity index (χ2v) is 6.94. The molecule has 0 atom stereocenters. The number of aromatic nitrogens is 2. The minimum atomic E-state index is -1.70. The molecule has 0 aliphatic carbocycles. The molecule has 1 aliphatic rings. The fraction of sp³-hybridized carbons (Fsp3) is 0.227. The van der Waals surface area contributed by atoms with Crippen molar-refractivity contribution in [3.05, 3.63) is 82.4 Å². The average Bonchev–Trinajstić information content (AvgIpc) is 3.17. The van der Waals surface area contributed by atoms with Crippen LogP contribution in [0, 0.1) is 17.5 Å². The molecule has 0 unspecified atom stereocenters. The summed E-state index contributed by atoms with van der Waals surface area (Å²) >= 11 is 0. The summed E-state index contributed by atoms with van der Waals surface area (Å²) in [6.07, 6.45) is 0.327. The number of para-hydroxylation sites is 1. The minimum Gasteiger partial charge on any atom is -0.461 e. The quantitative estimate of drug-likeness (QED) is 0.469. The average molecular weight is 429 g/mol. The smallest absolute Gasteiger partial charge is 0.359 e. The SMILES string of the molecule is CCOC(=O)c1nn(-c2ccccc2)c2c1CN(C(=O)c1ccc(F)c(F)c1F)CC2. The van der Waals surface area contributed by atoms with Crippen LogP contribution in [0.5, 0.6) is 0 Å². The Morgan fingerprint density at radius 3 is 2.52 bits per heavy atom. The molecule has 2 heterocycles. The molecule has 0 radical (unpaired) electrons. The molecule has 0 saturated carbocycles. The van der Waals surface area contributed by atoms with E-state index in [4.69, 9.17) is 4.74 Å². The summed E-state index contributed by atoms with van der Waals surface area (Å²) in [6.45, 7) is 1.95. The van der Waals surface area contributed by atoms with Gasteiger partial charge in [-0.2, -0.15) is 5.10 Å². The number of fused-ring (bicyclic) bond motifs is 1. The number of hydrogen-bond acceptors (Lipinski definition) is 4. The van der Waals surface area contributed by atoms with Crippen LogP contribution in [0.2, 0.25) is 0 Å². The van der Waals surface area contributed by atoms with Gasteiger partial charge in [-0.05, 0) is 31.2 Å². The van der Waals surface area contributed by atoms with E-state index < -0.39 is 34.9 Å². The highest BCUT2D eigenvalue weighted by Crippen LogP contribution is 2.28. The number of nitrogens with zero attached hydrogens (tertiary/aromatic N) is 3. The molecular weight excluding hydrogens is 411 g/mol. The molecule has 1 aromatic heterocycles. The molecule has 0 fully saturated rings. The van der Waals surface area contributed by atoms with Gasteiger partial charge in [-0.25, -0.2) is 22.6 Å². The van der Waals surface area contributed by atoms with Gasteiger partial charge in [0.05, 0.1) is 30.1 Å². The minimum absolute atomic E-state index is 0.0480. The first-order valence-electron chi connectivity index (χ1n) is 9.68. The summed E-state index contributed by atoms with van der Waals surface area (Å²) in [7, 11) is 0. The Hall–Kier alpha value is -3.62. The van der Waals surface area contributed by atoms with Crippen molar-refractivity contribution in [1.29, 1.82) is 0 Å². The van der Waals surface area contributed by atoms with Gasteiger partial charge in [0.1, 0.15) is 0 Å². The maximum atomic E-state index is 14.1. The summed E-state index contributed by atoms with van der Waals surface area (Å²) < 4.78 is 47.7. The van der Waals surface area contributed by atoms with Crippen molar-refractivity contribution >= 4 is 11.9 Å². The van der Waals surface area contributed by atoms with Crippen molar-refractivity contribution in [2.75, 3.05) is 13.2 Å². The highest BCUT2D eigenvalue weighted by atomic mass is 19.2. The van der Waals surface area contributed by atoms with E-state index in [1.165, 1.54) is 4.90 Å². The van der Waals surface area contributed by atoms with E-state index in [0.29, 0.717) is 18.1 Å². The number of halogens is 3. The Morgan fingerprint density at radius 2 is 1.81 bits per heavy atom. The second kappa shape index (κ2) is 8.25. The van der Waals surface area contributed by atoms with Crippen LogP contribution in [-0.2, 0) is 17.7 Å². The molecular formula is C22H18F3N3O3. The van der Waals surface area contributed by atoms with E-state index in [-0.39, 0.29) is 25.4 Å². The molecule has 0 bridgehead atoms. The second-order valence-electron chi connectivity index (χ2n) is 6.94. The van der Waals surface area contributed by atoms with Crippen LogP contribution in [-0.4, -0.2) is 39.7 Å². The van der Waals surface area contributed by atoms with Gasteiger partial charge in [0.15, 0.2) is 23.1 Å². The maximum absolute atomic E-state index is 14.1. The predicted octanol–water partition coefficient (Wildman–Crippen LogP) is 3.66. The number of carbonyl (C=O) groups is 2. The number of ether oxygens (including phenoxy) is 1. The first kappa shape index (κ1) is 20.6. The molecule has 3 aromatic rings. The molecule has 31 heavy (non-hydrogen) atoms. The Bertz CT molecular complexity index is 1160. The number of benzene rings is 2. The number of amides is 1. The molecule has 0 N–H and O–H groups in total. The van der Waals surface area contributed by atoms with Crippen LogP contribution >= 0.6 is 0 Å². The van der Waals surface area contributed by atoms with Crippen LogP contribution in [0.3, 0.4) is 0 Å². The van der Waals surface area contributed by atoms with Crippen LogP contribution in [0.4, 0.5) is 13.2 Å². The van der Waals surface area contributed by atoms with Gasteiger partial charge in [0.2, 0.25) is 0 Å². The van der Waals surface area contributed by atoms with Gasteiger partial charge in [0.25, 0.3) is 5.91 Å². The van der Waals surface area contributed by atoms with Crippen molar-refractivity contribution in [2.45, 2.75) is 19.9 Å². The molecule has 160 valence electrons. The van der Waals surface area contributed by atoms with E-state index in [1.807, 2.05) is 30.3 Å². The summed E-state index contributed by atoms with van der Waals surface area (Å²) in [4.78, 5) is 26.6. The van der Waals surface area contributed by atoms with Crippen LogP contribution in [0.15, 0.2) is 42.5 Å². The van der Waals surface area contributed by atoms with Gasteiger partial charge in [0, 0.05) is 18.5 Å². The van der Waals surface area contributed by atoms with E-state index in [2.05, 4.69) is 5.10 Å². The lowest BCUT2D eigenvalue weighted by Gasteiger charge is -2.28. The number of carbonyl (C=O) groups excluding carboxylic acids is 2. The maximum Gasteiger partial charge on any atom is 0.359 e. The number of esters is 1. The lowest BCUT2D eigenvalue weighted by molar-refractivity contribution is 0.0513. The topological polar surface area (TPSA) is 64.4 Å². The molecule has 1 amide bonds. The molecule has 0 spiro atoms. The zero-order chi connectivity index (χ0) is 22.1. The Labute approximate surface area is 175 Å². The monoisotopic (exact) mass is 429 g/mol. The third-order valence-corrected chi connectivity index (χ3v) is 5.08. The van der Waals surface area contributed by atoms with Crippen molar-refractivity contribution in [3.8, 4) is 5.69 Å². The van der Waals surface area contributed by atoms with E-state index >= 15 is 0 Å². The summed E-state index contributed by atoms with van der Waals surface area (Å²) in [5.41, 5.74) is 1.43. The fourth-order valence-electron chi connectivity index (χ4n) is 3.60. The van der Waals surface area contributed by atoms with Gasteiger partial charge in [-0.15, -0.1) is 0 Å². The molecule has 9 heteroatoms. The summed E-state index contributed by atoms with van der Waals surface area (Å²) in [5, 5.41) is 4.41. The van der Waals surface area contributed by atoms with Crippen molar-refractivity contribution in [3.63, 3.8) is 0 Å². The highest BCUT2D eigenvalue weighted by molar-refractivity contribution is 5.95. The summed E-state index contributed by atoms with van der Waals surface area (Å²) in [5.74, 6) is -6.05. The van der Waals surface area contributed by atoms with E-state index in [1.54, 1.807) is 11.6 Å². The number of hydrogen-bond donors (Lipinski definition) is 0. The molecule has 1 aliphatic heterocycles. The first-order chi connectivity index (χ1) is 14.9. The highest BCUT2D eigenvalue weighted by Gasteiger charge is 2.33. The largest absolute Gasteiger partial charge is 0.461 e. The molecule has 6 nitrogen and oxygen atoms in total. The zero-order valence-corrected chi connectivity index (χ0v) is 16.6. The summed E-state index contributed by atoms with van der Waals surface area (Å²) in [6, 6.07) is 10.8. The van der Waals surface area contributed by atoms with Gasteiger partial charge in [-0.3, -0.25) is 4.79 Å². The lowest BCUT2D eigenvalue weighted by Crippen LogP contribution is -2.37. The van der Waals surface area contributed by atoms with Crippen LogP contribution < -0.4 is 0 Å². The van der Waals surface area contributed by atoms with Crippen molar-refractivity contribution in [2.24, 2.45) is 0 Å². The van der Waals surface area contributed by atoms with Crippen LogP contribution in [0.1, 0.15) is 39.0 Å². The van der Waals surface area contributed by atoms with Crippen LogP contribution in [0.25, 0.3) is 5.69 Å². The lowest BCUT2D eigenvalue weighted by atomic mass is 10.0. The molecule has 2 aromatic carbocycles. The Balaban J connectivity index is 1.73. The molecule has 0 saturated heterocycles. The zero-order valence-electron chi connectivity index (χ0n) is 16.6. The Kier molecular flexibility index (Phi) is 5.50. The first-order valence-corrected chi connectivity index (χ1v) is 9.68. The molecule has 4 rings (SSSR count). The van der Waals surface area contributed by atoms with E-state index in [9.17, 15) is 22.8 Å². The van der Waals surface area contributed by atoms with Gasteiger partial charge in [-0.1, -0.05) is 18.2 Å². The number of rotatable bonds is 4. The van der Waals surface area contributed by atoms with Crippen molar-refractivity contribution < 1.29 is 27.5 Å². The Morgan fingerprint density at radius 1 is 1.06 bits per heavy atom. The standard InChI is InChI=1S/C22H18F3N3O3/c1-2-31-22(30)20-15-12-27(21(29)14-8-9-16(23)19(25)18(14)24)11-10-17(15)28(26-20)13-6-4-3-5-7-13/h3-9H,2,10-12H2,1H3. The predicted molar refractivity (Wildman–Crippen MR) is 104 cm³/mol.